The van der Waals surface area contributed by atoms with E-state index in [2.05, 4.69) is 17.0 Å². The van der Waals surface area contributed by atoms with Gasteiger partial charge in [-0.05, 0) is 19.8 Å². The summed E-state index contributed by atoms with van der Waals surface area (Å²) in [5.74, 6) is 0. The third-order valence-electron chi connectivity index (χ3n) is 4.36. The summed E-state index contributed by atoms with van der Waals surface area (Å²) in [6.07, 6.45) is 4.98. The number of thiazole rings is 1. The standard InChI is InChI=1S/C14H20N4O2S2/c1-11-12(10-17(3)16-11)22(19,20)18-7-4-14(2,5-8-18)13-15-6-9-21-13/h6,9-10H,4-5,7-8H2,1-3H3. The van der Waals surface area contributed by atoms with E-state index in [0.29, 0.717) is 23.7 Å². The first-order valence-electron chi connectivity index (χ1n) is 7.23. The number of aryl methyl sites for hydroxylation is 2. The van der Waals surface area contributed by atoms with Crippen molar-refractivity contribution in [1.29, 1.82) is 0 Å². The lowest BCUT2D eigenvalue weighted by Crippen LogP contribution is -2.43. The molecule has 0 saturated carbocycles. The Hall–Kier alpha value is -1.25. The summed E-state index contributed by atoms with van der Waals surface area (Å²) in [7, 11) is -1.72. The van der Waals surface area contributed by atoms with Crippen LogP contribution in [0.2, 0.25) is 0 Å². The van der Waals surface area contributed by atoms with E-state index in [-0.39, 0.29) is 5.41 Å². The molecule has 22 heavy (non-hydrogen) atoms. The number of aromatic nitrogens is 3. The van der Waals surface area contributed by atoms with E-state index < -0.39 is 10.0 Å². The molecule has 0 amide bonds. The van der Waals surface area contributed by atoms with Crippen molar-refractivity contribution in [2.45, 2.75) is 37.0 Å². The van der Waals surface area contributed by atoms with Crippen LogP contribution in [0, 0.1) is 6.92 Å². The van der Waals surface area contributed by atoms with Gasteiger partial charge in [-0.3, -0.25) is 4.68 Å². The van der Waals surface area contributed by atoms with Crippen LogP contribution in [0.5, 0.6) is 0 Å². The highest BCUT2D eigenvalue weighted by Gasteiger charge is 2.38. The maximum atomic E-state index is 12.8. The lowest BCUT2D eigenvalue weighted by atomic mass is 9.82. The molecule has 1 fully saturated rings. The average molecular weight is 340 g/mol. The first kappa shape index (κ1) is 15.6. The molecular weight excluding hydrogens is 320 g/mol. The summed E-state index contributed by atoms with van der Waals surface area (Å²) in [5.41, 5.74) is 0.528. The molecule has 3 rings (SSSR count). The molecular formula is C14H20N4O2S2. The molecule has 0 aliphatic carbocycles. The molecule has 0 N–H and O–H groups in total. The maximum absolute atomic E-state index is 12.8. The molecule has 0 bridgehead atoms. The number of rotatable bonds is 3. The van der Waals surface area contributed by atoms with Gasteiger partial charge in [0.05, 0.1) is 10.7 Å². The third-order valence-corrected chi connectivity index (χ3v) is 7.44. The molecule has 0 spiro atoms. The van der Waals surface area contributed by atoms with E-state index in [4.69, 9.17) is 0 Å². The molecule has 1 aliphatic rings. The van der Waals surface area contributed by atoms with Gasteiger partial charge in [0.15, 0.2) is 0 Å². The van der Waals surface area contributed by atoms with Crippen LogP contribution in [0.1, 0.15) is 30.5 Å². The number of hydrogen-bond donors (Lipinski definition) is 0. The molecule has 0 aromatic carbocycles. The topological polar surface area (TPSA) is 68.1 Å². The smallest absolute Gasteiger partial charge is 0.246 e. The number of nitrogens with zero attached hydrogens (tertiary/aromatic N) is 4. The predicted molar refractivity (Wildman–Crippen MR) is 85.4 cm³/mol. The molecule has 3 heterocycles. The molecule has 2 aromatic heterocycles. The Balaban J connectivity index is 1.80. The van der Waals surface area contributed by atoms with Crippen LogP contribution in [0.15, 0.2) is 22.7 Å². The molecule has 0 unspecified atom stereocenters. The number of sulfonamides is 1. The van der Waals surface area contributed by atoms with Crippen LogP contribution in [0.3, 0.4) is 0 Å². The fraction of sp³-hybridized carbons (Fsp3) is 0.571. The van der Waals surface area contributed by atoms with Crippen LogP contribution in [0.4, 0.5) is 0 Å². The van der Waals surface area contributed by atoms with Gasteiger partial charge >= 0.3 is 0 Å². The number of hydrogen-bond acceptors (Lipinski definition) is 5. The van der Waals surface area contributed by atoms with Crippen LogP contribution < -0.4 is 0 Å². The molecule has 2 aromatic rings. The lowest BCUT2D eigenvalue weighted by molar-refractivity contribution is 0.248. The summed E-state index contributed by atoms with van der Waals surface area (Å²) < 4.78 is 28.7. The zero-order valence-corrected chi connectivity index (χ0v) is 14.6. The first-order chi connectivity index (χ1) is 10.3. The van der Waals surface area contributed by atoms with Crippen molar-refractivity contribution in [2.24, 2.45) is 7.05 Å². The molecule has 6 nitrogen and oxygen atoms in total. The summed E-state index contributed by atoms with van der Waals surface area (Å²) in [4.78, 5) is 4.72. The first-order valence-corrected chi connectivity index (χ1v) is 9.55. The van der Waals surface area contributed by atoms with Gasteiger partial charge in [0, 0.05) is 43.3 Å². The van der Waals surface area contributed by atoms with Crippen molar-refractivity contribution >= 4 is 21.4 Å². The Labute approximate surface area is 134 Å². The second kappa shape index (κ2) is 5.43. The minimum absolute atomic E-state index is 0.0236. The van der Waals surface area contributed by atoms with E-state index in [1.165, 1.54) is 0 Å². The van der Waals surface area contributed by atoms with E-state index in [1.54, 1.807) is 40.5 Å². The van der Waals surface area contributed by atoms with Crippen molar-refractivity contribution in [1.82, 2.24) is 19.1 Å². The van der Waals surface area contributed by atoms with Gasteiger partial charge in [-0.15, -0.1) is 11.3 Å². The van der Waals surface area contributed by atoms with E-state index in [9.17, 15) is 8.42 Å². The molecule has 8 heteroatoms. The van der Waals surface area contributed by atoms with Crippen molar-refractivity contribution in [3.8, 4) is 0 Å². The highest BCUT2D eigenvalue weighted by atomic mass is 32.2. The van der Waals surface area contributed by atoms with E-state index in [1.807, 2.05) is 11.6 Å². The second-order valence-electron chi connectivity index (χ2n) is 6.05. The van der Waals surface area contributed by atoms with Crippen LogP contribution >= 0.6 is 11.3 Å². The fourth-order valence-electron chi connectivity index (χ4n) is 2.93. The van der Waals surface area contributed by atoms with E-state index >= 15 is 0 Å². The summed E-state index contributed by atoms with van der Waals surface area (Å²) >= 11 is 1.65. The van der Waals surface area contributed by atoms with Crippen LogP contribution in [-0.4, -0.2) is 40.6 Å². The van der Waals surface area contributed by atoms with Gasteiger partial charge in [0.1, 0.15) is 4.90 Å². The van der Waals surface area contributed by atoms with Crippen LogP contribution in [-0.2, 0) is 22.5 Å². The largest absolute Gasteiger partial charge is 0.274 e. The average Bonchev–Trinajstić information content (AvgIpc) is 3.09. The summed E-state index contributed by atoms with van der Waals surface area (Å²) in [6.45, 7) is 4.95. The molecule has 0 radical (unpaired) electrons. The van der Waals surface area contributed by atoms with Gasteiger partial charge in [0.25, 0.3) is 0 Å². The maximum Gasteiger partial charge on any atom is 0.246 e. The monoisotopic (exact) mass is 340 g/mol. The normalized spacial score (nSPS) is 19.4. The zero-order valence-electron chi connectivity index (χ0n) is 13.0. The number of piperidine rings is 1. The Morgan fingerprint density at radius 3 is 2.50 bits per heavy atom. The van der Waals surface area contributed by atoms with Crippen molar-refractivity contribution in [3.05, 3.63) is 28.5 Å². The lowest BCUT2D eigenvalue weighted by Gasteiger charge is -2.37. The minimum Gasteiger partial charge on any atom is -0.274 e. The Kier molecular flexibility index (Phi) is 3.86. The van der Waals surface area contributed by atoms with E-state index in [0.717, 1.165) is 17.8 Å². The quantitative estimate of drug-likeness (QED) is 0.856. The molecule has 1 aliphatic heterocycles. The zero-order chi connectivity index (χ0) is 16.0. The second-order valence-corrected chi connectivity index (χ2v) is 8.86. The summed E-state index contributed by atoms with van der Waals surface area (Å²) in [6, 6.07) is 0. The minimum atomic E-state index is -3.46. The van der Waals surface area contributed by atoms with Crippen molar-refractivity contribution in [2.75, 3.05) is 13.1 Å². The van der Waals surface area contributed by atoms with Gasteiger partial charge in [-0.1, -0.05) is 6.92 Å². The molecule has 1 saturated heterocycles. The van der Waals surface area contributed by atoms with Crippen molar-refractivity contribution < 1.29 is 8.42 Å². The third kappa shape index (κ3) is 2.59. The SMILES string of the molecule is Cc1nn(C)cc1S(=O)(=O)N1CCC(C)(c2nccs2)CC1. The van der Waals surface area contributed by atoms with Gasteiger partial charge in [-0.25, -0.2) is 13.4 Å². The molecule has 0 atom stereocenters. The van der Waals surface area contributed by atoms with Gasteiger partial charge in [0.2, 0.25) is 10.0 Å². The Morgan fingerprint density at radius 2 is 2.00 bits per heavy atom. The Morgan fingerprint density at radius 1 is 1.32 bits per heavy atom. The van der Waals surface area contributed by atoms with Gasteiger partial charge in [-0.2, -0.15) is 9.40 Å². The highest BCUT2D eigenvalue weighted by molar-refractivity contribution is 7.89. The van der Waals surface area contributed by atoms with Crippen LogP contribution in [0.25, 0.3) is 0 Å². The Bertz CT molecular complexity index is 757. The fourth-order valence-corrected chi connectivity index (χ4v) is 5.43. The summed E-state index contributed by atoms with van der Waals surface area (Å²) in [5, 5.41) is 7.22. The molecule has 120 valence electrons. The predicted octanol–water partition coefficient (Wildman–Crippen LogP) is 1.93. The highest BCUT2D eigenvalue weighted by Crippen LogP contribution is 2.37. The van der Waals surface area contributed by atoms with Crippen molar-refractivity contribution in [3.63, 3.8) is 0 Å². The van der Waals surface area contributed by atoms with Gasteiger partial charge < -0.3 is 0 Å².